The lowest BCUT2D eigenvalue weighted by atomic mass is 9.91. The third kappa shape index (κ3) is 6.32. The van der Waals surface area contributed by atoms with Crippen molar-refractivity contribution in [1.82, 2.24) is 15.2 Å². The third-order valence-electron chi connectivity index (χ3n) is 4.07. The van der Waals surface area contributed by atoms with E-state index in [9.17, 15) is 9.59 Å². The summed E-state index contributed by atoms with van der Waals surface area (Å²) >= 11 is 1.36. The summed E-state index contributed by atoms with van der Waals surface area (Å²) in [5, 5.41) is 5.17. The van der Waals surface area contributed by atoms with Gasteiger partial charge in [0.25, 0.3) is 5.91 Å². The van der Waals surface area contributed by atoms with Gasteiger partial charge in [0, 0.05) is 11.8 Å². The van der Waals surface area contributed by atoms with E-state index in [4.69, 9.17) is 8.83 Å². The first kappa shape index (κ1) is 20.9. The molecule has 3 heterocycles. The largest absolute Gasteiger partial charge is 0.467 e. The molecule has 0 atom stereocenters. The standard InChI is InChI=1S/C21H25N3O4S/c1-21(2,3)10-19(25)24(12-16-7-5-9-28-16)13-18-23-17(14-29-18)20(26)22-11-15-6-4-8-27-15/h4-9,14H,10-13H2,1-3H3,(H,22,26). The molecule has 0 unspecified atom stereocenters. The highest BCUT2D eigenvalue weighted by atomic mass is 32.1. The van der Waals surface area contributed by atoms with Gasteiger partial charge in [-0.25, -0.2) is 4.98 Å². The molecule has 0 aromatic carbocycles. The van der Waals surface area contributed by atoms with Crippen LogP contribution in [0.4, 0.5) is 0 Å². The van der Waals surface area contributed by atoms with Gasteiger partial charge in [-0.05, 0) is 29.7 Å². The van der Waals surface area contributed by atoms with E-state index in [-0.39, 0.29) is 17.2 Å². The minimum atomic E-state index is -0.275. The summed E-state index contributed by atoms with van der Waals surface area (Å²) in [6, 6.07) is 7.20. The smallest absolute Gasteiger partial charge is 0.271 e. The van der Waals surface area contributed by atoms with E-state index in [2.05, 4.69) is 10.3 Å². The molecule has 0 radical (unpaired) electrons. The Labute approximate surface area is 173 Å². The average molecular weight is 416 g/mol. The van der Waals surface area contributed by atoms with Gasteiger partial charge in [0.15, 0.2) is 0 Å². The number of rotatable bonds is 8. The highest BCUT2D eigenvalue weighted by Crippen LogP contribution is 2.23. The third-order valence-corrected chi connectivity index (χ3v) is 4.91. The van der Waals surface area contributed by atoms with Gasteiger partial charge in [0.2, 0.25) is 5.91 Å². The van der Waals surface area contributed by atoms with Gasteiger partial charge in [0.1, 0.15) is 22.2 Å². The Morgan fingerprint density at radius 3 is 2.41 bits per heavy atom. The first-order chi connectivity index (χ1) is 13.8. The molecule has 29 heavy (non-hydrogen) atoms. The SMILES string of the molecule is CC(C)(C)CC(=O)N(Cc1ccco1)Cc1nc(C(=O)NCc2ccco2)cs1. The van der Waals surface area contributed by atoms with E-state index in [1.807, 2.05) is 26.8 Å². The molecule has 0 spiro atoms. The minimum Gasteiger partial charge on any atom is -0.467 e. The fraction of sp³-hybridized carbons (Fsp3) is 0.381. The predicted octanol–water partition coefficient (Wildman–Crippen LogP) is 4.22. The monoisotopic (exact) mass is 415 g/mol. The molecule has 3 aromatic rings. The van der Waals surface area contributed by atoms with Gasteiger partial charge in [0.05, 0.1) is 32.2 Å². The van der Waals surface area contributed by atoms with E-state index in [0.29, 0.717) is 48.3 Å². The van der Waals surface area contributed by atoms with Crippen molar-refractivity contribution < 1.29 is 18.4 Å². The van der Waals surface area contributed by atoms with Crippen LogP contribution >= 0.6 is 11.3 Å². The van der Waals surface area contributed by atoms with Crippen LogP contribution in [0.25, 0.3) is 0 Å². The number of carbonyl (C=O) groups is 2. The molecule has 7 nitrogen and oxygen atoms in total. The number of furan rings is 2. The normalized spacial score (nSPS) is 11.4. The number of carbonyl (C=O) groups excluding carboxylic acids is 2. The van der Waals surface area contributed by atoms with Crippen molar-refractivity contribution in [2.75, 3.05) is 0 Å². The predicted molar refractivity (Wildman–Crippen MR) is 109 cm³/mol. The van der Waals surface area contributed by atoms with Gasteiger partial charge in [-0.15, -0.1) is 11.3 Å². The molecule has 154 valence electrons. The molecule has 0 saturated carbocycles. The van der Waals surface area contributed by atoms with Crippen molar-refractivity contribution in [3.05, 3.63) is 64.4 Å². The van der Waals surface area contributed by atoms with Crippen molar-refractivity contribution in [3.8, 4) is 0 Å². The molecule has 0 bridgehead atoms. The summed E-state index contributed by atoms with van der Waals surface area (Å²) < 4.78 is 10.6. The zero-order valence-corrected chi connectivity index (χ0v) is 17.6. The zero-order chi connectivity index (χ0) is 20.9. The summed E-state index contributed by atoms with van der Waals surface area (Å²) in [7, 11) is 0. The molecule has 0 saturated heterocycles. The Kier molecular flexibility index (Phi) is 6.53. The van der Waals surface area contributed by atoms with Crippen LogP contribution in [-0.4, -0.2) is 21.7 Å². The maximum absolute atomic E-state index is 12.8. The van der Waals surface area contributed by atoms with Crippen LogP contribution < -0.4 is 5.32 Å². The average Bonchev–Trinajstić information content (AvgIpc) is 3.40. The number of aromatic nitrogens is 1. The molecule has 0 aliphatic carbocycles. The number of nitrogens with one attached hydrogen (secondary N) is 1. The summed E-state index contributed by atoms with van der Waals surface area (Å²) in [6.45, 7) is 7.07. The topological polar surface area (TPSA) is 88.6 Å². The summed E-state index contributed by atoms with van der Waals surface area (Å²) in [4.78, 5) is 31.3. The highest BCUT2D eigenvalue weighted by Gasteiger charge is 2.23. The molecule has 3 aromatic heterocycles. The van der Waals surface area contributed by atoms with Crippen molar-refractivity contribution in [1.29, 1.82) is 0 Å². The fourth-order valence-electron chi connectivity index (χ4n) is 2.71. The quantitative estimate of drug-likeness (QED) is 0.595. The number of nitrogens with zero attached hydrogens (tertiary/aromatic N) is 2. The van der Waals surface area contributed by atoms with E-state index in [1.54, 1.807) is 41.0 Å². The molecular formula is C21H25N3O4S. The maximum Gasteiger partial charge on any atom is 0.271 e. The Morgan fingerprint density at radius 2 is 1.79 bits per heavy atom. The number of hydrogen-bond donors (Lipinski definition) is 1. The van der Waals surface area contributed by atoms with Crippen molar-refractivity contribution in [2.45, 2.75) is 46.8 Å². The zero-order valence-electron chi connectivity index (χ0n) is 16.8. The van der Waals surface area contributed by atoms with Crippen LogP contribution in [0.3, 0.4) is 0 Å². The van der Waals surface area contributed by atoms with Crippen LogP contribution in [0.15, 0.2) is 51.0 Å². The lowest BCUT2D eigenvalue weighted by Gasteiger charge is -2.25. The maximum atomic E-state index is 12.8. The summed E-state index contributed by atoms with van der Waals surface area (Å²) in [5.41, 5.74) is 0.205. The van der Waals surface area contributed by atoms with Crippen molar-refractivity contribution in [2.24, 2.45) is 5.41 Å². The van der Waals surface area contributed by atoms with Crippen LogP contribution in [0, 0.1) is 5.41 Å². The molecule has 0 fully saturated rings. The Hall–Kier alpha value is -2.87. The molecular weight excluding hydrogens is 390 g/mol. The summed E-state index contributed by atoms with van der Waals surface area (Å²) in [6.07, 6.45) is 3.56. The fourth-order valence-corrected chi connectivity index (χ4v) is 3.50. The second kappa shape index (κ2) is 9.09. The van der Waals surface area contributed by atoms with E-state index in [1.165, 1.54) is 11.3 Å². The first-order valence-electron chi connectivity index (χ1n) is 9.35. The number of thiazole rings is 1. The number of hydrogen-bond acceptors (Lipinski definition) is 6. The molecule has 3 rings (SSSR count). The second-order valence-electron chi connectivity index (χ2n) is 7.96. The Bertz CT molecular complexity index is 924. The van der Waals surface area contributed by atoms with Gasteiger partial charge >= 0.3 is 0 Å². The Morgan fingerprint density at radius 1 is 1.10 bits per heavy atom. The van der Waals surface area contributed by atoms with Crippen molar-refractivity contribution >= 4 is 23.2 Å². The molecule has 0 aliphatic heterocycles. The van der Waals surface area contributed by atoms with Gasteiger partial charge in [-0.3, -0.25) is 9.59 Å². The van der Waals surface area contributed by atoms with Crippen LogP contribution in [0.1, 0.15) is 54.2 Å². The first-order valence-corrected chi connectivity index (χ1v) is 10.2. The summed E-state index contributed by atoms with van der Waals surface area (Å²) in [5.74, 6) is 1.13. The van der Waals surface area contributed by atoms with E-state index in [0.717, 1.165) is 0 Å². The molecule has 0 aliphatic rings. The van der Waals surface area contributed by atoms with Crippen LogP contribution in [-0.2, 0) is 24.4 Å². The molecule has 2 amide bonds. The van der Waals surface area contributed by atoms with E-state index < -0.39 is 0 Å². The van der Waals surface area contributed by atoms with Crippen molar-refractivity contribution in [3.63, 3.8) is 0 Å². The van der Waals surface area contributed by atoms with Gasteiger partial charge in [-0.2, -0.15) is 0 Å². The molecule has 8 heteroatoms. The lowest BCUT2D eigenvalue weighted by Crippen LogP contribution is -2.32. The van der Waals surface area contributed by atoms with E-state index >= 15 is 0 Å². The number of amides is 2. The lowest BCUT2D eigenvalue weighted by molar-refractivity contribution is -0.134. The second-order valence-corrected chi connectivity index (χ2v) is 8.90. The van der Waals surface area contributed by atoms with Gasteiger partial charge < -0.3 is 19.1 Å². The minimum absolute atomic E-state index is 0.0212. The highest BCUT2D eigenvalue weighted by molar-refractivity contribution is 7.09. The van der Waals surface area contributed by atoms with Crippen LogP contribution in [0.2, 0.25) is 0 Å². The van der Waals surface area contributed by atoms with Crippen LogP contribution in [0.5, 0.6) is 0 Å². The van der Waals surface area contributed by atoms with Gasteiger partial charge in [-0.1, -0.05) is 20.8 Å². The Balaban J connectivity index is 1.65. The molecule has 1 N–H and O–H groups in total.